The van der Waals surface area contributed by atoms with Gasteiger partial charge in [-0.25, -0.2) is 9.18 Å². The summed E-state index contributed by atoms with van der Waals surface area (Å²) in [6.45, 7) is 0. The van der Waals surface area contributed by atoms with Crippen molar-refractivity contribution in [2.75, 3.05) is 0 Å². The number of alkyl halides is 3. The van der Waals surface area contributed by atoms with Crippen molar-refractivity contribution in [1.29, 1.82) is 0 Å². The summed E-state index contributed by atoms with van der Waals surface area (Å²) in [6.07, 6.45) is -4.77. The number of carboxylic acids is 1. The maximum absolute atomic E-state index is 12.9. The Morgan fingerprint density at radius 1 is 0.962 bits per heavy atom. The van der Waals surface area contributed by atoms with Crippen LogP contribution >= 0.6 is 0 Å². The third kappa shape index (κ3) is 5.58. The quantitative estimate of drug-likeness (QED) is 0.769. The molecule has 138 valence electrons. The van der Waals surface area contributed by atoms with Crippen LogP contribution in [0, 0.1) is 5.82 Å². The Morgan fingerprint density at radius 2 is 1.50 bits per heavy atom. The molecule has 4 nitrogen and oxygen atoms in total. The second kappa shape index (κ2) is 7.99. The van der Waals surface area contributed by atoms with Gasteiger partial charge in [-0.1, -0.05) is 24.3 Å². The zero-order chi connectivity index (χ0) is 19.3. The summed E-state index contributed by atoms with van der Waals surface area (Å²) >= 11 is 0. The Kier molecular flexibility index (Phi) is 5.97. The molecule has 26 heavy (non-hydrogen) atoms. The van der Waals surface area contributed by atoms with Crippen LogP contribution in [0.15, 0.2) is 48.5 Å². The molecule has 0 unspecified atom stereocenters. The molecule has 8 heteroatoms. The summed E-state index contributed by atoms with van der Waals surface area (Å²) in [7, 11) is 0. The Bertz CT molecular complexity index is 771. The van der Waals surface area contributed by atoms with Gasteiger partial charge in [0.1, 0.15) is 11.9 Å². The largest absolute Gasteiger partial charge is 0.480 e. The van der Waals surface area contributed by atoms with Crippen molar-refractivity contribution in [2.45, 2.75) is 25.1 Å². The molecule has 1 atom stereocenters. The molecule has 0 saturated carbocycles. The molecule has 1 amide bonds. The molecule has 2 N–H and O–H groups in total. The Hall–Kier alpha value is -2.90. The fraction of sp³-hybridized carbons (Fsp3) is 0.222. The normalized spacial score (nSPS) is 12.5. The van der Waals surface area contributed by atoms with Gasteiger partial charge in [0.05, 0.1) is 12.0 Å². The maximum atomic E-state index is 12.9. The maximum Gasteiger partial charge on any atom is 0.416 e. The van der Waals surface area contributed by atoms with Gasteiger partial charge in [0.2, 0.25) is 5.91 Å². The van der Waals surface area contributed by atoms with Crippen LogP contribution in [-0.4, -0.2) is 23.0 Å². The predicted molar refractivity (Wildman–Crippen MR) is 84.8 cm³/mol. The highest BCUT2D eigenvalue weighted by molar-refractivity contribution is 5.85. The zero-order valence-corrected chi connectivity index (χ0v) is 13.4. The lowest BCUT2D eigenvalue weighted by molar-refractivity contribution is -0.141. The van der Waals surface area contributed by atoms with E-state index in [1.54, 1.807) is 0 Å². The molecule has 0 saturated heterocycles. The number of aliphatic carboxylic acids is 1. The lowest BCUT2D eigenvalue weighted by Crippen LogP contribution is -2.43. The molecule has 2 rings (SSSR count). The van der Waals surface area contributed by atoms with Gasteiger partial charge in [-0.2, -0.15) is 13.2 Å². The summed E-state index contributed by atoms with van der Waals surface area (Å²) in [4.78, 5) is 23.3. The minimum atomic E-state index is -4.47. The molecule has 0 spiro atoms. The van der Waals surface area contributed by atoms with Crippen molar-refractivity contribution in [3.8, 4) is 0 Å². The molecule has 0 aliphatic carbocycles. The van der Waals surface area contributed by atoms with E-state index in [0.717, 1.165) is 24.3 Å². The van der Waals surface area contributed by atoms with Gasteiger partial charge in [-0.3, -0.25) is 4.79 Å². The van der Waals surface area contributed by atoms with E-state index in [9.17, 15) is 32.3 Å². The number of carboxylic acid groups (broad SMARTS) is 1. The van der Waals surface area contributed by atoms with Gasteiger partial charge in [0, 0.05) is 6.42 Å². The molecule has 0 fully saturated rings. The monoisotopic (exact) mass is 369 g/mol. The second-order valence-electron chi connectivity index (χ2n) is 5.66. The average molecular weight is 369 g/mol. The van der Waals surface area contributed by atoms with E-state index >= 15 is 0 Å². The number of benzene rings is 2. The predicted octanol–water partition coefficient (Wildman–Crippen LogP) is 3.20. The van der Waals surface area contributed by atoms with E-state index in [0.29, 0.717) is 11.1 Å². The molecular formula is C18H15F4NO3. The summed E-state index contributed by atoms with van der Waals surface area (Å²) in [5.74, 6) is -2.37. The third-order valence-corrected chi connectivity index (χ3v) is 3.63. The van der Waals surface area contributed by atoms with Crippen LogP contribution < -0.4 is 5.32 Å². The molecule has 2 aromatic rings. The van der Waals surface area contributed by atoms with Gasteiger partial charge >= 0.3 is 12.1 Å². The van der Waals surface area contributed by atoms with Gasteiger partial charge in [0.15, 0.2) is 0 Å². The van der Waals surface area contributed by atoms with Crippen molar-refractivity contribution in [1.82, 2.24) is 5.32 Å². The van der Waals surface area contributed by atoms with E-state index in [2.05, 4.69) is 5.32 Å². The van der Waals surface area contributed by atoms with Crippen LogP contribution in [0.4, 0.5) is 17.6 Å². The third-order valence-electron chi connectivity index (χ3n) is 3.63. The number of hydrogen-bond donors (Lipinski definition) is 2. The fourth-order valence-electron chi connectivity index (χ4n) is 2.30. The first-order chi connectivity index (χ1) is 12.1. The smallest absolute Gasteiger partial charge is 0.416 e. The topological polar surface area (TPSA) is 66.4 Å². The van der Waals surface area contributed by atoms with E-state index in [4.69, 9.17) is 0 Å². The number of carbonyl (C=O) groups is 2. The van der Waals surface area contributed by atoms with Crippen molar-refractivity contribution in [3.05, 3.63) is 71.0 Å². The average Bonchev–Trinajstić information content (AvgIpc) is 2.55. The van der Waals surface area contributed by atoms with Gasteiger partial charge < -0.3 is 10.4 Å². The summed E-state index contributed by atoms with van der Waals surface area (Å²) < 4.78 is 50.4. The Labute approximate surface area is 146 Å². The molecule has 0 radical (unpaired) electrons. The lowest BCUT2D eigenvalue weighted by Gasteiger charge is -2.15. The van der Waals surface area contributed by atoms with Crippen LogP contribution in [0.3, 0.4) is 0 Å². The number of carbonyl (C=O) groups excluding carboxylic acids is 1. The van der Waals surface area contributed by atoms with E-state index in [1.807, 2.05) is 0 Å². The van der Waals surface area contributed by atoms with Crippen molar-refractivity contribution >= 4 is 11.9 Å². The standard InChI is InChI=1S/C18H15F4NO3/c19-14-7-3-11(4-8-14)9-15(17(25)26)23-16(24)10-12-1-5-13(6-2-12)18(20,21)22/h1-8,15H,9-10H2,(H,23,24)(H,25,26)/t15-/m0/s1. The van der Waals surface area contributed by atoms with Crippen LogP contribution in [0.2, 0.25) is 0 Å². The summed E-state index contributed by atoms with van der Waals surface area (Å²) in [6, 6.07) is 7.99. The van der Waals surface area contributed by atoms with Crippen LogP contribution in [0.1, 0.15) is 16.7 Å². The van der Waals surface area contributed by atoms with Crippen LogP contribution in [0.25, 0.3) is 0 Å². The first-order valence-electron chi connectivity index (χ1n) is 7.58. The van der Waals surface area contributed by atoms with Crippen molar-refractivity contribution in [3.63, 3.8) is 0 Å². The highest BCUT2D eigenvalue weighted by atomic mass is 19.4. The molecular weight excluding hydrogens is 354 g/mol. The number of hydrogen-bond acceptors (Lipinski definition) is 2. The van der Waals surface area contributed by atoms with Crippen LogP contribution in [-0.2, 0) is 28.6 Å². The van der Waals surface area contributed by atoms with Crippen molar-refractivity contribution in [2.24, 2.45) is 0 Å². The van der Waals surface area contributed by atoms with E-state index in [1.165, 1.54) is 24.3 Å². The summed E-state index contributed by atoms with van der Waals surface area (Å²) in [5.41, 5.74) is 0.0106. The van der Waals surface area contributed by atoms with Gasteiger partial charge in [-0.15, -0.1) is 0 Å². The summed E-state index contributed by atoms with van der Waals surface area (Å²) in [5, 5.41) is 11.5. The molecule has 0 aromatic heterocycles. The number of rotatable bonds is 6. The SMILES string of the molecule is O=C(Cc1ccc(C(F)(F)F)cc1)N[C@@H](Cc1ccc(F)cc1)C(=O)O. The minimum absolute atomic E-state index is 0.0473. The highest BCUT2D eigenvalue weighted by Gasteiger charge is 2.30. The molecule has 2 aromatic carbocycles. The Morgan fingerprint density at radius 3 is 2.00 bits per heavy atom. The second-order valence-corrected chi connectivity index (χ2v) is 5.66. The van der Waals surface area contributed by atoms with E-state index in [-0.39, 0.29) is 12.8 Å². The first kappa shape index (κ1) is 19.4. The Balaban J connectivity index is 1.99. The molecule has 0 heterocycles. The van der Waals surface area contributed by atoms with Crippen LogP contribution in [0.5, 0.6) is 0 Å². The molecule has 0 bridgehead atoms. The molecule has 0 aliphatic rings. The van der Waals surface area contributed by atoms with Crippen molar-refractivity contribution < 1.29 is 32.3 Å². The minimum Gasteiger partial charge on any atom is -0.480 e. The number of amides is 1. The number of halogens is 4. The zero-order valence-electron chi connectivity index (χ0n) is 13.4. The first-order valence-corrected chi connectivity index (χ1v) is 7.58. The number of nitrogens with one attached hydrogen (secondary N) is 1. The molecule has 0 aliphatic heterocycles. The van der Waals surface area contributed by atoms with E-state index < -0.39 is 35.5 Å². The van der Waals surface area contributed by atoms with Gasteiger partial charge in [0.25, 0.3) is 0 Å². The van der Waals surface area contributed by atoms with Gasteiger partial charge in [-0.05, 0) is 35.4 Å². The lowest BCUT2D eigenvalue weighted by atomic mass is 10.0. The highest BCUT2D eigenvalue weighted by Crippen LogP contribution is 2.29. The fourth-order valence-corrected chi connectivity index (χ4v) is 2.30.